The van der Waals surface area contributed by atoms with Crippen molar-refractivity contribution in [2.45, 2.75) is 30.8 Å². The third-order valence-corrected chi connectivity index (χ3v) is 6.61. The molecule has 2 bridgehead atoms. The van der Waals surface area contributed by atoms with Crippen LogP contribution >= 0.6 is 0 Å². The molecule has 6 rings (SSSR count). The Labute approximate surface area is 156 Å². The second-order valence-electron chi connectivity index (χ2n) is 7.96. The zero-order valence-corrected chi connectivity index (χ0v) is 15.2. The summed E-state index contributed by atoms with van der Waals surface area (Å²) in [5.41, 5.74) is 1.20. The van der Waals surface area contributed by atoms with Crippen LogP contribution in [0.2, 0.25) is 0 Å². The SMILES string of the molecule is Cn1nccc1C(=O)N1C[C@@H](c2cc(F)cc(F)c2)[C@@H]2[C@H]1C1CCN2CC1. The van der Waals surface area contributed by atoms with Gasteiger partial charge in [0.1, 0.15) is 17.3 Å². The fraction of sp³-hybridized carbons (Fsp3) is 0.500. The first-order valence-corrected chi connectivity index (χ1v) is 9.52. The van der Waals surface area contributed by atoms with Crippen LogP contribution in [-0.4, -0.2) is 57.2 Å². The highest BCUT2D eigenvalue weighted by atomic mass is 19.1. The van der Waals surface area contributed by atoms with E-state index in [1.54, 1.807) is 24.0 Å². The fourth-order valence-electron chi connectivity index (χ4n) is 5.47. The van der Waals surface area contributed by atoms with Crippen molar-refractivity contribution >= 4 is 5.91 Å². The maximum atomic E-state index is 13.9. The van der Waals surface area contributed by atoms with E-state index < -0.39 is 11.6 Å². The summed E-state index contributed by atoms with van der Waals surface area (Å²) >= 11 is 0. The van der Waals surface area contributed by atoms with Crippen LogP contribution in [-0.2, 0) is 7.05 Å². The third kappa shape index (κ3) is 2.59. The van der Waals surface area contributed by atoms with Gasteiger partial charge in [-0.05, 0) is 55.6 Å². The van der Waals surface area contributed by atoms with Crippen molar-refractivity contribution in [1.82, 2.24) is 19.6 Å². The number of nitrogens with zero attached hydrogens (tertiary/aromatic N) is 4. The fourth-order valence-corrected chi connectivity index (χ4v) is 5.47. The number of piperidine rings is 3. The number of aryl methyl sites for hydroxylation is 1. The van der Waals surface area contributed by atoms with E-state index in [9.17, 15) is 13.6 Å². The smallest absolute Gasteiger partial charge is 0.272 e. The van der Waals surface area contributed by atoms with Crippen LogP contribution in [0.1, 0.15) is 34.8 Å². The lowest BCUT2D eigenvalue weighted by atomic mass is 9.75. The van der Waals surface area contributed by atoms with Crippen LogP contribution in [0.4, 0.5) is 8.78 Å². The van der Waals surface area contributed by atoms with Gasteiger partial charge in [-0.1, -0.05) is 0 Å². The molecule has 4 aliphatic rings. The van der Waals surface area contributed by atoms with E-state index >= 15 is 0 Å². The van der Waals surface area contributed by atoms with E-state index in [4.69, 9.17) is 0 Å². The Morgan fingerprint density at radius 1 is 1.11 bits per heavy atom. The van der Waals surface area contributed by atoms with Crippen LogP contribution in [0.3, 0.4) is 0 Å². The van der Waals surface area contributed by atoms with Crippen molar-refractivity contribution in [2.24, 2.45) is 13.0 Å². The number of hydrogen-bond acceptors (Lipinski definition) is 3. The van der Waals surface area contributed by atoms with Crippen LogP contribution in [0.15, 0.2) is 30.5 Å². The number of hydrogen-bond donors (Lipinski definition) is 0. The highest BCUT2D eigenvalue weighted by Crippen LogP contribution is 2.47. The minimum absolute atomic E-state index is 0.0434. The molecule has 0 spiro atoms. The second kappa shape index (κ2) is 6.12. The molecule has 1 aromatic heterocycles. The molecule has 0 N–H and O–H groups in total. The van der Waals surface area contributed by atoms with Crippen LogP contribution < -0.4 is 0 Å². The molecule has 0 radical (unpaired) electrons. The van der Waals surface area contributed by atoms with Crippen LogP contribution in [0, 0.1) is 17.6 Å². The van der Waals surface area contributed by atoms with E-state index in [1.165, 1.54) is 12.1 Å². The van der Waals surface area contributed by atoms with Gasteiger partial charge in [-0.15, -0.1) is 0 Å². The molecule has 4 fully saturated rings. The Kier molecular flexibility index (Phi) is 3.82. The summed E-state index contributed by atoms with van der Waals surface area (Å²) in [4.78, 5) is 17.6. The molecule has 5 heterocycles. The largest absolute Gasteiger partial charge is 0.332 e. The molecule has 0 saturated carbocycles. The summed E-state index contributed by atoms with van der Waals surface area (Å²) in [6.45, 7) is 2.47. The van der Waals surface area contributed by atoms with E-state index in [1.807, 2.05) is 4.90 Å². The molecule has 0 unspecified atom stereocenters. The lowest BCUT2D eigenvalue weighted by Gasteiger charge is -2.51. The highest BCUT2D eigenvalue weighted by molar-refractivity contribution is 5.93. The van der Waals surface area contributed by atoms with Gasteiger partial charge in [-0.2, -0.15) is 5.10 Å². The first kappa shape index (κ1) is 16.9. The van der Waals surface area contributed by atoms with Gasteiger partial charge in [-0.25, -0.2) is 8.78 Å². The molecule has 7 heteroatoms. The number of carbonyl (C=O) groups excluding carboxylic acids is 1. The summed E-state index contributed by atoms with van der Waals surface area (Å²) in [6, 6.07) is 5.69. The molecule has 0 aliphatic carbocycles. The van der Waals surface area contributed by atoms with E-state index in [0.29, 0.717) is 23.7 Å². The summed E-state index contributed by atoms with van der Waals surface area (Å²) < 4.78 is 29.4. The molecule has 4 saturated heterocycles. The first-order chi connectivity index (χ1) is 13.0. The maximum absolute atomic E-state index is 13.9. The molecular formula is C20H22F2N4O. The van der Waals surface area contributed by atoms with Crippen LogP contribution in [0.5, 0.6) is 0 Å². The Hall–Kier alpha value is -2.28. The molecule has 142 valence electrons. The number of rotatable bonds is 2. The Bertz CT molecular complexity index is 870. The zero-order valence-electron chi connectivity index (χ0n) is 15.2. The van der Waals surface area contributed by atoms with Gasteiger partial charge < -0.3 is 4.90 Å². The number of aromatic nitrogens is 2. The van der Waals surface area contributed by atoms with E-state index in [2.05, 4.69) is 10.00 Å². The third-order valence-electron chi connectivity index (χ3n) is 6.61. The van der Waals surface area contributed by atoms with Gasteiger partial charge in [0.15, 0.2) is 0 Å². The Morgan fingerprint density at radius 3 is 2.44 bits per heavy atom. The van der Waals surface area contributed by atoms with Crippen molar-refractivity contribution in [1.29, 1.82) is 0 Å². The first-order valence-electron chi connectivity index (χ1n) is 9.52. The van der Waals surface area contributed by atoms with Gasteiger partial charge in [0, 0.05) is 37.8 Å². The lowest BCUT2D eigenvalue weighted by Crippen LogP contribution is -2.60. The minimum Gasteiger partial charge on any atom is -0.332 e. The van der Waals surface area contributed by atoms with Crippen molar-refractivity contribution in [3.05, 3.63) is 53.4 Å². The summed E-state index contributed by atoms with van der Waals surface area (Å²) in [5, 5.41) is 4.12. The van der Waals surface area contributed by atoms with Crippen molar-refractivity contribution < 1.29 is 13.6 Å². The molecule has 2 aromatic rings. The average molecular weight is 372 g/mol. The van der Waals surface area contributed by atoms with Gasteiger partial charge in [0.25, 0.3) is 5.91 Å². The average Bonchev–Trinajstić information content (AvgIpc) is 3.26. The van der Waals surface area contributed by atoms with Crippen molar-refractivity contribution in [3.63, 3.8) is 0 Å². The monoisotopic (exact) mass is 372 g/mol. The highest BCUT2D eigenvalue weighted by Gasteiger charge is 2.55. The molecule has 3 atom stereocenters. The molecule has 4 aliphatic heterocycles. The predicted octanol–water partition coefficient (Wildman–Crippen LogP) is 2.40. The van der Waals surface area contributed by atoms with Crippen LogP contribution in [0.25, 0.3) is 0 Å². The predicted molar refractivity (Wildman–Crippen MR) is 95.2 cm³/mol. The molecular weight excluding hydrogens is 350 g/mol. The van der Waals surface area contributed by atoms with Gasteiger partial charge >= 0.3 is 0 Å². The van der Waals surface area contributed by atoms with Gasteiger partial charge in [0.2, 0.25) is 0 Å². The summed E-state index contributed by atoms with van der Waals surface area (Å²) in [6.07, 6.45) is 3.76. The van der Waals surface area contributed by atoms with E-state index in [0.717, 1.165) is 32.0 Å². The number of amides is 1. The molecule has 5 nitrogen and oxygen atoms in total. The number of carbonyl (C=O) groups is 1. The van der Waals surface area contributed by atoms with E-state index in [-0.39, 0.29) is 23.9 Å². The number of halogens is 2. The molecule has 1 amide bonds. The lowest BCUT2D eigenvalue weighted by molar-refractivity contribution is -0.00375. The minimum atomic E-state index is -0.561. The summed E-state index contributed by atoms with van der Waals surface area (Å²) in [5.74, 6) is -0.804. The number of fused-ring (bicyclic) bond motifs is 2. The Balaban J connectivity index is 1.56. The summed E-state index contributed by atoms with van der Waals surface area (Å²) in [7, 11) is 1.76. The number of likely N-dealkylation sites (tertiary alicyclic amines) is 1. The van der Waals surface area contributed by atoms with Crippen molar-refractivity contribution in [2.75, 3.05) is 19.6 Å². The normalized spacial score (nSPS) is 32.0. The Morgan fingerprint density at radius 2 is 1.81 bits per heavy atom. The van der Waals surface area contributed by atoms with Gasteiger partial charge in [-0.3, -0.25) is 14.4 Å². The van der Waals surface area contributed by atoms with Gasteiger partial charge in [0.05, 0.1) is 6.04 Å². The standard InChI is InChI=1S/C20H22F2N4O/c1-24-17(2-5-23-24)20(27)26-11-16(13-8-14(21)10-15(22)9-13)19-18(26)12-3-6-25(19)7-4-12/h2,5,8-10,12,16,18-19H,3-4,6-7,11H2,1H3/t16-,18+,19+/m0/s1. The quantitative estimate of drug-likeness (QED) is 0.813. The number of benzene rings is 1. The topological polar surface area (TPSA) is 41.4 Å². The maximum Gasteiger partial charge on any atom is 0.272 e. The second-order valence-corrected chi connectivity index (χ2v) is 7.96. The molecule has 1 aromatic carbocycles. The van der Waals surface area contributed by atoms with Crippen molar-refractivity contribution in [3.8, 4) is 0 Å². The molecule has 27 heavy (non-hydrogen) atoms. The zero-order chi connectivity index (χ0) is 18.7.